The van der Waals surface area contributed by atoms with Crippen molar-refractivity contribution < 1.29 is 9.90 Å². The van der Waals surface area contributed by atoms with Crippen LogP contribution < -0.4 is 0 Å². The average molecular weight is 377 g/mol. The van der Waals surface area contributed by atoms with Gasteiger partial charge in [-0.2, -0.15) is 0 Å². The minimum absolute atomic E-state index is 0.0540. The van der Waals surface area contributed by atoms with Crippen molar-refractivity contribution in [3.63, 3.8) is 0 Å². The summed E-state index contributed by atoms with van der Waals surface area (Å²) >= 11 is 0. The highest BCUT2D eigenvalue weighted by molar-refractivity contribution is 6.02. The number of amides is 1. The number of aromatic amines is 1. The summed E-state index contributed by atoms with van der Waals surface area (Å²) in [6.45, 7) is 7.48. The fourth-order valence-electron chi connectivity index (χ4n) is 4.38. The molecule has 3 aromatic rings. The molecule has 1 aromatic carbocycles. The third-order valence-electron chi connectivity index (χ3n) is 6.10. The Morgan fingerprint density at radius 3 is 2.50 bits per heavy atom. The summed E-state index contributed by atoms with van der Waals surface area (Å²) in [5, 5.41) is 11.8. The molecule has 1 aliphatic rings. The zero-order chi connectivity index (χ0) is 19.8. The van der Waals surface area contributed by atoms with Crippen LogP contribution in [0, 0.1) is 26.7 Å². The summed E-state index contributed by atoms with van der Waals surface area (Å²) in [5.41, 5.74) is 5.82. The van der Waals surface area contributed by atoms with Crippen molar-refractivity contribution in [3.05, 3.63) is 64.6 Å². The second kappa shape index (κ2) is 7.40. The summed E-state index contributed by atoms with van der Waals surface area (Å²) in [5.74, 6) is 0.186. The Kier molecular flexibility index (Phi) is 4.94. The Morgan fingerprint density at radius 1 is 1.14 bits per heavy atom. The van der Waals surface area contributed by atoms with Crippen molar-refractivity contribution >= 4 is 16.8 Å². The topological polar surface area (TPSA) is 69.2 Å². The van der Waals surface area contributed by atoms with E-state index < -0.39 is 6.10 Å². The van der Waals surface area contributed by atoms with Gasteiger partial charge in [0.1, 0.15) is 5.69 Å². The largest absolute Gasteiger partial charge is 0.387 e. The van der Waals surface area contributed by atoms with Crippen LogP contribution in [0.4, 0.5) is 0 Å². The maximum absolute atomic E-state index is 13.2. The fourth-order valence-corrected chi connectivity index (χ4v) is 4.38. The lowest BCUT2D eigenvalue weighted by molar-refractivity contribution is 0.0444. The van der Waals surface area contributed by atoms with Crippen molar-refractivity contribution in [1.29, 1.82) is 0 Å². The summed E-state index contributed by atoms with van der Waals surface area (Å²) in [4.78, 5) is 22.7. The van der Waals surface area contributed by atoms with E-state index in [-0.39, 0.29) is 11.8 Å². The van der Waals surface area contributed by atoms with Gasteiger partial charge in [-0.3, -0.25) is 9.78 Å². The molecule has 146 valence electrons. The molecule has 3 heterocycles. The quantitative estimate of drug-likeness (QED) is 0.723. The van der Waals surface area contributed by atoms with E-state index in [0.29, 0.717) is 24.5 Å². The first-order valence-electron chi connectivity index (χ1n) is 9.94. The van der Waals surface area contributed by atoms with Crippen LogP contribution in [0.2, 0.25) is 0 Å². The van der Waals surface area contributed by atoms with Crippen molar-refractivity contribution in [2.24, 2.45) is 5.92 Å². The zero-order valence-corrected chi connectivity index (χ0v) is 16.7. The van der Waals surface area contributed by atoms with Crippen LogP contribution in [0.5, 0.6) is 0 Å². The molecule has 5 heteroatoms. The monoisotopic (exact) mass is 377 g/mol. The number of pyridine rings is 1. The fraction of sp³-hybridized carbons (Fsp3) is 0.391. The molecule has 1 amide bonds. The Morgan fingerprint density at radius 2 is 1.86 bits per heavy atom. The molecule has 4 rings (SSSR count). The standard InChI is InChI=1S/C23H27N3O2/c1-14-7-8-15(2)20-19(14)16(3)21(25-20)23(28)26-12-9-17(10-13-26)22(27)18-6-4-5-11-24-18/h4-8,11,17,22,25,27H,9-10,12-13H2,1-3H3. The number of carbonyl (C=O) groups is 1. The number of aliphatic hydroxyl groups is 1. The Balaban J connectivity index is 1.50. The molecule has 2 N–H and O–H groups in total. The van der Waals surface area contributed by atoms with Gasteiger partial charge in [-0.05, 0) is 68.4 Å². The van der Waals surface area contributed by atoms with E-state index in [0.717, 1.165) is 34.9 Å². The molecule has 0 radical (unpaired) electrons. The van der Waals surface area contributed by atoms with Crippen LogP contribution in [-0.4, -0.2) is 39.0 Å². The minimum atomic E-state index is -0.571. The van der Waals surface area contributed by atoms with Gasteiger partial charge in [0, 0.05) is 30.2 Å². The number of benzene rings is 1. The predicted octanol–water partition coefficient (Wildman–Crippen LogP) is 4.07. The molecule has 1 atom stereocenters. The van der Waals surface area contributed by atoms with Crippen LogP contribution in [0.25, 0.3) is 10.9 Å². The first-order valence-corrected chi connectivity index (χ1v) is 9.94. The molecule has 0 bridgehead atoms. The van der Waals surface area contributed by atoms with Gasteiger partial charge in [-0.1, -0.05) is 18.2 Å². The summed E-state index contributed by atoms with van der Waals surface area (Å²) in [7, 11) is 0. The van der Waals surface area contributed by atoms with E-state index in [9.17, 15) is 9.90 Å². The van der Waals surface area contributed by atoms with Gasteiger partial charge in [0.05, 0.1) is 11.8 Å². The normalized spacial score (nSPS) is 16.5. The number of carbonyl (C=O) groups excluding carboxylic acids is 1. The number of piperidine rings is 1. The number of aromatic nitrogens is 2. The third kappa shape index (κ3) is 3.20. The van der Waals surface area contributed by atoms with Crippen molar-refractivity contribution in [2.75, 3.05) is 13.1 Å². The van der Waals surface area contributed by atoms with Crippen LogP contribution in [0.1, 0.15) is 51.8 Å². The number of fused-ring (bicyclic) bond motifs is 1. The van der Waals surface area contributed by atoms with E-state index in [4.69, 9.17) is 0 Å². The van der Waals surface area contributed by atoms with Crippen LogP contribution >= 0.6 is 0 Å². The van der Waals surface area contributed by atoms with Gasteiger partial charge in [-0.25, -0.2) is 0 Å². The van der Waals surface area contributed by atoms with Gasteiger partial charge in [-0.15, -0.1) is 0 Å². The summed E-state index contributed by atoms with van der Waals surface area (Å²) in [6.07, 6.45) is 2.69. The highest BCUT2D eigenvalue weighted by atomic mass is 16.3. The Hall–Kier alpha value is -2.66. The van der Waals surface area contributed by atoms with Gasteiger partial charge in [0.2, 0.25) is 0 Å². The molecule has 5 nitrogen and oxygen atoms in total. The predicted molar refractivity (Wildman–Crippen MR) is 110 cm³/mol. The van der Waals surface area contributed by atoms with Gasteiger partial charge in [0.15, 0.2) is 0 Å². The Labute approximate surface area is 165 Å². The molecular formula is C23H27N3O2. The molecule has 2 aromatic heterocycles. The van der Waals surface area contributed by atoms with E-state index in [2.05, 4.69) is 35.9 Å². The zero-order valence-electron chi connectivity index (χ0n) is 16.7. The minimum Gasteiger partial charge on any atom is -0.387 e. The van der Waals surface area contributed by atoms with Gasteiger partial charge >= 0.3 is 0 Å². The van der Waals surface area contributed by atoms with Crippen LogP contribution in [0.3, 0.4) is 0 Å². The second-order valence-corrected chi connectivity index (χ2v) is 7.90. The molecule has 28 heavy (non-hydrogen) atoms. The first kappa shape index (κ1) is 18.7. The number of aryl methyl sites for hydroxylation is 3. The Bertz CT molecular complexity index is 1000. The van der Waals surface area contributed by atoms with E-state index in [1.54, 1.807) is 6.20 Å². The van der Waals surface area contributed by atoms with Crippen molar-refractivity contribution in [3.8, 4) is 0 Å². The average Bonchev–Trinajstić information content (AvgIpc) is 3.09. The van der Waals surface area contributed by atoms with E-state index in [1.807, 2.05) is 30.0 Å². The SMILES string of the molecule is Cc1ccc(C)c2c(C)c(C(=O)N3CCC(C(O)c4ccccn4)CC3)[nH]c12. The number of rotatable bonds is 3. The lowest BCUT2D eigenvalue weighted by Gasteiger charge is -2.34. The first-order chi connectivity index (χ1) is 13.5. The molecule has 1 unspecified atom stereocenters. The van der Waals surface area contributed by atoms with Gasteiger partial charge < -0.3 is 15.0 Å². The molecule has 1 aliphatic heterocycles. The summed E-state index contributed by atoms with van der Waals surface area (Å²) in [6, 6.07) is 9.81. The molecule has 0 aliphatic carbocycles. The van der Waals surface area contributed by atoms with Crippen molar-refractivity contribution in [1.82, 2.24) is 14.9 Å². The van der Waals surface area contributed by atoms with Crippen LogP contribution in [-0.2, 0) is 0 Å². The smallest absolute Gasteiger partial charge is 0.270 e. The number of nitrogens with zero attached hydrogens (tertiary/aromatic N) is 2. The highest BCUT2D eigenvalue weighted by Crippen LogP contribution is 2.32. The third-order valence-corrected chi connectivity index (χ3v) is 6.10. The number of hydrogen-bond donors (Lipinski definition) is 2. The lowest BCUT2D eigenvalue weighted by atomic mass is 9.89. The molecule has 1 saturated heterocycles. The molecular weight excluding hydrogens is 350 g/mol. The maximum atomic E-state index is 13.2. The van der Waals surface area contributed by atoms with E-state index >= 15 is 0 Å². The number of hydrogen-bond acceptors (Lipinski definition) is 3. The number of likely N-dealkylation sites (tertiary alicyclic amines) is 1. The second-order valence-electron chi connectivity index (χ2n) is 7.90. The van der Waals surface area contributed by atoms with Gasteiger partial charge in [0.25, 0.3) is 5.91 Å². The molecule has 0 saturated carbocycles. The lowest BCUT2D eigenvalue weighted by Crippen LogP contribution is -2.40. The summed E-state index contributed by atoms with van der Waals surface area (Å²) < 4.78 is 0. The maximum Gasteiger partial charge on any atom is 0.270 e. The molecule has 1 fully saturated rings. The number of nitrogens with one attached hydrogen (secondary N) is 1. The van der Waals surface area contributed by atoms with E-state index in [1.165, 1.54) is 5.56 Å². The number of H-pyrrole nitrogens is 1. The number of aliphatic hydroxyl groups excluding tert-OH is 1. The van der Waals surface area contributed by atoms with Crippen LogP contribution in [0.15, 0.2) is 36.5 Å². The van der Waals surface area contributed by atoms with Crippen molar-refractivity contribution in [2.45, 2.75) is 39.7 Å². The molecule has 0 spiro atoms. The highest BCUT2D eigenvalue weighted by Gasteiger charge is 2.30.